The number of hydrogen-bond donors (Lipinski definition) is 2. The van der Waals surface area contributed by atoms with Gasteiger partial charge in [-0.1, -0.05) is 12.2 Å². The van der Waals surface area contributed by atoms with Crippen molar-refractivity contribution in [1.29, 1.82) is 0 Å². The Morgan fingerprint density at radius 2 is 2.21 bits per heavy atom. The molecule has 0 bridgehead atoms. The summed E-state index contributed by atoms with van der Waals surface area (Å²) in [4.78, 5) is 4.52. The lowest BCUT2D eigenvalue weighted by molar-refractivity contribution is 1.03. The summed E-state index contributed by atoms with van der Waals surface area (Å²) in [6, 6.07) is 7.62. The van der Waals surface area contributed by atoms with Gasteiger partial charge in [0.05, 0.1) is 27.5 Å². The van der Waals surface area contributed by atoms with Crippen LogP contribution in [0.2, 0.25) is 0 Å². The minimum absolute atomic E-state index is 0.288. The van der Waals surface area contributed by atoms with Gasteiger partial charge in [0.25, 0.3) is 0 Å². The highest BCUT2D eigenvalue weighted by molar-refractivity contribution is 7.80. The van der Waals surface area contributed by atoms with Gasteiger partial charge in [0.2, 0.25) is 0 Å². The van der Waals surface area contributed by atoms with E-state index in [-0.39, 0.29) is 4.99 Å². The average Bonchev–Trinajstić information content (AvgIpc) is 2.86. The lowest BCUT2D eigenvalue weighted by atomic mass is 10.2. The van der Waals surface area contributed by atoms with Gasteiger partial charge >= 0.3 is 0 Å². The van der Waals surface area contributed by atoms with Gasteiger partial charge in [-0.3, -0.25) is 0 Å². The molecule has 7 heteroatoms. The van der Waals surface area contributed by atoms with E-state index in [4.69, 9.17) is 18.0 Å². The molecule has 0 amide bonds. The number of hydrogen-bond acceptors (Lipinski definition) is 6. The fourth-order valence-electron chi connectivity index (χ4n) is 1.69. The zero-order valence-electron chi connectivity index (χ0n) is 9.70. The van der Waals surface area contributed by atoms with Crippen LogP contribution >= 0.6 is 23.6 Å². The number of rotatable bonds is 3. The monoisotopic (exact) mass is 287 g/mol. The summed E-state index contributed by atoms with van der Waals surface area (Å²) < 4.78 is 1.10. The van der Waals surface area contributed by atoms with E-state index in [1.54, 1.807) is 23.6 Å². The second-order valence-electron chi connectivity index (χ2n) is 3.82. The van der Waals surface area contributed by atoms with Gasteiger partial charge in [0, 0.05) is 5.69 Å². The fraction of sp³-hybridized carbons (Fsp3) is 0. The van der Waals surface area contributed by atoms with Crippen molar-refractivity contribution in [3.8, 4) is 0 Å². The van der Waals surface area contributed by atoms with Crippen LogP contribution in [0.3, 0.4) is 0 Å². The molecule has 94 valence electrons. The van der Waals surface area contributed by atoms with E-state index in [0.717, 1.165) is 15.9 Å². The van der Waals surface area contributed by atoms with Gasteiger partial charge in [-0.05, 0) is 24.3 Å². The van der Waals surface area contributed by atoms with Crippen LogP contribution < -0.4 is 11.1 Å². The van der Waals surface area contributed by atoms with Gasteiger partial charge < -0.3 is 11.1 Å². The molecule has 0 aliphatic heterocycles. The Kier molecular flexibility index (Phi) is 3.06. The molecule has 2 aromatic heterocycles. The Morgan fingerprint density at radius 1 is 1.32 bits per heavy atom. The Hall–Kier alpha value is -2.12. The predicted octanol–water partition coefficient (Wildman–Crippen LogP) is 2.46. The normalized spacial score (nSPS) is 10.5. The molecule has 1 aromatic carbocycles. The maximum atomic E-state index is 5.66. The van der Waals surface area contributed by atoms with Gasteiger partial charge in [0.1, 0.15) is 4.99 Å². The number of thiazole rings is 1. The molecule has 0 saturated carbocycles. The summed E-state index contributed by atoms with van der Waals surface area (Å²) in [6.45, 7) is 0. The minimum atomic E-state index is 0.288. The van der Waals surface area contributed by atoms with E-state index in [9.17, 15) is 0 Å². The molecule has 0 radical (unpaired) electrons. The summed E-state index contributed by atoms with van der Waals surface area (Å²) in [6.07, 6.45) is 1.56. The lowest BCUT2D eigenvalue weighted by Crippen LogP contribution is -2.13. The molecule has 0 aliphatic carbocycles. The number of thiocarbonyl (C=S) groups is 1. The zero-order valence-corrected chi connectivity index (χ0v) is 11.3. The number of aromatic nitrogens is 3. The van der Waals surface area contributed by atoms with Gasteiger partial charge in [0.15, 0.2) is 5.82 Å². The van der Waals surface area contributed by atoms with Crippen molar-refractivity contribution >= 4 is 50.3 Å². The summed E-state index contributed by atoms with van der Waals surface area (Å²) in [5.41, 5.74) is 10.0. The molecule has 2 heterocycles. The lowest BCUT2D eigenvalue weighted by Gasteiger charge is -2.08. The van der Waals surface area contributed by atoms with Crippen LogP contribution in [-0.4, -0.2) is 20.2 Å². The van der Waals surface area contributed by atoms with E-state index < -0.39 is 0 Å². The first-order valence-corrected chi connectivity index (χ1v) is 6.74. The molecule has 5 nitrogen and oxygen atoms in total. The number of fused-ring (bicyclic) bond motifs is 1. The molecular weight excluding hydrogens is 278 g/mol. The number of anilines is 2. The van der Waals surface area contributed by atoms with Crippen molar-refractivity contribution in [2.45, 2.75) is 0 Å². The first kappa shape index (κ1) is 11.9. The molecule has 0 fully saturated rings. The highest BCUT2D eigenvalue weighted by atomic mass is 32.1. The maximum Gasteiger partial charge on any atom is 0.163 e. The molecule has 3 rings (SSSR count). The molecule has 3 N–H and O–H groups in total. The minimum Gasteiger partial charge on any atom is -0.389 e. The van der Waals surface area contributed by atoms with Gasteiger partial charge in [-0.15, -0.1) is 16.4 Å². The Balaban J connectivity index is 1.98. The third-order valence-corrected chi connectivity index (χ3v) is 3.59. The van der Waals surface area contributed by atoms with Crippen LogP contribution in [0.1, 0.15) is 5.56 Å². The summed E-state index contributed by atoms with van der Waals surface area (Å²) in [7, 11) is 0. The molecule has 0 aliphatic rings. The van der Waals surface area contributed by atoms with Crippen LogP contribution in [0.4, 0.5) is 11.5 Å². The maximum absolute atomic E-state index is 5.66. The van der Waals surface area contributed by atoms with E-state index >= 15 is 0 Å². The van der Waals surface area contributed by atoms with E-state index in [1.165, 1.54) is 0 Å². The third-order valence-electron chi connectivity index (χ3n) is 2.58. The van der Waals surface area contributed by atoms with E-state index in [2.05, 4.69) is 20.5 Å². The van der Waals surface area contributed by atoms with Crippen molar-refractivity contribution in [2.75, 3.05) is 5.32 Å². The van der Waals surface area contributed by atoms with Gasteiger partial charge in [-0.2, -0.15) is 5.10 Å². The van der Waals surface area contributed by atoms with Crippen LogP contribution in [0.5, 0.6) is 0 Å². The molecular formula is C12H9N5S2. The van der Waals surface area contributed by atoms with Gasteiger partial charge in [-0.25, -0.2) is 4.98 Å². The van der Waals surface area contributed by atoms with Crippen LogP contribution in [0.15, 0.2) is 36.0 Å². The second kappa shape index (κ2) is 4.87. The molecule has 3 aromatic rings. The van der Waals surface area contributed by atoms with E-state index in [0.29, 0.717) is 11.4 Å². The molecule has 0 spiro atoms. The summed E-state index contributed by atoms with van der Waals surface area (Å²) in [5.74, 6) is 0.555. The Labute approximate surface area is 118 Å². The fourth-order valence-corrected chi connectivity index (χ4v) is 2.57. The highest BCUT2D eigenvalue weighted by Gasteiger charge is 2.07. The van der Waals surface area contributed by atoms with Crippen LogP contribution in [0, 0.1) is 0 Å². The quantitative estimate of drug-likeness (QED) is 0.721. The van der Waals surface area contributed by atoms with Crippen molar-refractivity contribution in [2.24, 2.45) is 5.73 Å². The number of nitrogens with one attached hydrogen (secondary N) is 1. The molecule has 0 unspecified atom stereocenters. The topological polar surface area (TPSA) is 76.7 Å². The second-order valence-corrected chi connectivity index (χ2v) is 5.14. The standard InChI is InChI=1S/C12H9N5S2/c13-11(18)8-3-4-15-17-12(8)16-7-1-2-9-10(5-7)19-6-14-9/h1-6H,(H2,13,18)(H,16,17). The highest BCUT2D eigenvalue weighted by Crippen LogP contribution is 2.24. The summed E-state index contributed by atoms with van der Waals surface area (Å²) in [5, 5.41) is 11.0. The zero-order chi connectivity index (χ0) is 13.2. The third kappa shape index (κ3) is 2.38. The molecule has 0 saturated heterocycles. The first-order chi connectivity index (χ1) is 9.24. The van der Waals surface area contributed by atoms with Crippen LogP contribution in [-0.2, 0) is 0 Å². The Morgan fingerprint density at radius 3 is 3.05 bits per heavy atom. The molecule has 19 heavy (non-hydrogen) atoms. The molecule has 0 atom stereocenters. The number of nitrogens with two attached hydrogens (primary N) is 1. The average molecular weight is 287 g/mol. The number of benzene rings is 1. The first-order valence-electron chi connectivity index (χ1n) is 5.46. The Bertz CT molecular complexity index is 752. The van der Waals surface area contributed by atoms with E-state index in [1.807, 2.05) is 23.7 Å². The van der Waals surface area contributed by atoms with Crippen molar-refractivity contribution in [3.05, 3.63) is 41.5 Å². The van der Waals surface area contributed by atoms with Crippen LogP contribution in [0.25, 0.3) is 10.2 Å². The SMILES string of the molecule is NC(=S)c1ccnnc1Nc1ccc2ncsc2c1. The number of nitrogens with zero attached hydrogens (tertiary/aromatic N) is 3. The van der Waals surface area contributed by atoms with Crippen molar-refractivity contribution in [1.82, 2.24) is 15.2 Å². The van der Waals surface area contributed by atoms with Crippen molar-refractivity contribution in [3.63, 3.8) is 0 Å². The van der Waals surface area contributed by atoms with Crippen molar-refractivity contribution < 1.29 is 0 Å². The summed E-state index contributed by atoms with van der Waals surface area (Å²) >= 11 is 6.58. The largest absolute Gasteiger partial charge is 0.389 e. The predicted molar refractivity (Wildman–Crippen MR) is 80.8 cm³/mol. The smallest absolute Gasteiger partial charge is 0.163 e.